The van der Waals surface area contributed by atoms with Gasteiger partial charge in [-0.3, -0.25) is 0 Å². The van der Waals surface area contributed by atoms with Gasteiger partial charge in [0.15, 0.2) is 0 Å². The van der Waals surface area contributed by atoms with Gasteiger partial charge in [0, 0.05) is 6.42 Å². The van der Waals surface area contributed by atoms with Crippen LogP contribution in [0.25, 0.3) is 0 Å². The molecule has 0 radical (unpaired) electrons. The Morgan fingerprint density at radius 3 is 2.08 bits per heavy atom. The Balaban J connectivity index is 0.000000217. The van der Waals surface area contributed by atoms with Crippen LogP contribution in [0.5, 0.6) is 0 Å². The molecule has 0 unspecified atom stereocenters. The van der Waals surface area contributed by atoms with Crippen LogP contribution < -0.4 is 5.32 Å². The van der Waals surface area contributed by atoms with Crippen LogP contribution in [0.15, 0.2) is 0 Å². The Labute approximate surface area is 76.0 Å². The van der Waals surface area contributed by atoms with Gasteiger partial charge in [0.25, 0.3) is 0 Å². The molecule has 0 aromatic rings. The van der Waals surface area contributed by atoms with Gasteiger partial charge in [0.05, 0.1) is 6.07 Å². The first-order chi connectivity index (χ1) is 5.91. The first-order valence-electron chi connectivity index (χ1n) is 4.99. The molecule has 1 fully saturated rings. The van der Waals surface area contributed by atoms with Gasteiger partial charge >= 0.3 is 0 Å². The van der Waals surface area contributed by atoms with Crippen molar-refractivity contribution in [3.05, 3.63) is 0 Å². The first-order valence-corrected chi connectivity index (χ1v) is 4.99. The van der Waals surface area contributed by atoms with E-state index in [1.165, 1.54) is 38.8 Å². The van der Waals surface area contributed by atoms with E-state index in [-0.39, 0.29) is 0 Å². The Kier molecular flexibility index (Phi) is 9.97. The highest BCUT2D eigenvalue weighted by atomic mass is 14.8. The van der Waals surface area contributed by atoms with Crippen LogP contribution in [0.1, 0.15) is 45.4 Å². The van der Waals surface area contributed by atoms with Crippen molar-refractivity contribution < 1.29 is 0 Å². The zero-order chi connectivity index (χ0) is 9.07. The fourth-order valence-electron chi connectivity index (χ4n) is 1.09. The highest BCUT2D eigenvalue weighted by Crippen LogP contribution is 2.00. The van der Waals surface area contributed by atoms with Crippen LogP contribution in [0.3, 0.4) is 0 Å². The monoisotopic (exact) mass is 168 g/mol. The highest BCUT2D eigenvalue weighted by molar-refractivity contribution is 4.65. The number of nitriles is 1. The lowest BCUT2D eigenvalue weighted by atomic mass is 10.2. The molecule has 12 heavy (non-hydrogen) atoms. The fraction of sp³-hybridized carbons (Fsp3) is 0.900. The molecule has 1 aliphatic heterocycles. The van der Waals surface area contributed by atoms with Crippen LogP contribution in [-0.2, 0) is 0 Å². The maximum Gasteiger partial charge on any atom is 0.0621 e. The molecule has 0 aromatic carbocycles. The Morgan fingerprint density at radius 1 is 1.17 bits per heavy atom. The topological polar surface area (TPSA) is 35.8 Å². The SMILES string of the molecule is C1CCCNCC1.CCCC#N. The van der Waals surface area contributed by atoms with Gasteiger partial charge < -0.3 is 5.32 Å². The average Bonchev–Trinajstić information content (AvgIpc) is 2.37. The van der Waals surface area contributed by atoms with Crippen molar-refractivity contribution in [2.45, 2.75) is 45.4 Å². The lowest BCUT2D eigenvalue weighted by molar-refractivity contribution is 0.702. The van der Waals surface area contributed by atoms with E-state index in [1.807, 2.05) is 13.0 Å². The third-order valence-corrected chi connectivity index (χ3v) is 1.82. The third-order valence-electron chi connectivity index (χ3n) is 1.82. The van der Waals surface area contributed by atoms with E-state index in [2.05, 4.69) is 5.32 Å². The summed E-state index contributed by atoms with van der Waals surface area (Å²) in [4.78, 5) is 0. The molecule has 0 aliphatic carbocycles. The minimum Gasteiger partial charge on any atom is -0.317 e. The van der Waals surface area contributed by atoms with Gasteiger partial charge in [-0.2, -0.15) is 5.26 Å². The molecule has 0 aromatic heterocycles. The molecule has 2 nitrogen and oxygen atoms in total. The number of rotatable bonds is 1. The predicted octanol–water partition coefficient (Wildman–Crippen LogP) is 2.46. The molecule has 1 saturated heterocycles. The van der Waals surface area contributed by atoms with E-state index in [0.29, 0.717) is 6.42 Å². The molecular weight excluding hydrogens is 148 g/mol. The lowest BCUT2D eigenvalue weighted by Gasteiger charge is -1.91. The standard InChI is InChI=1S/C6H13N.C4H7N/c1-2-4-6-7-5-3-1;1-2-3-4-5/h7H,1-6H2;2-3H2,1H3. The van der Waals surface area contributed by atoms with E-state index in [0.717, 1.165) is 6.42 Å². The molecule has 0 bridgehead atoms. The van der Waals surface area contributed by atoms with Gasteiger partial charge in [-0.1, -0.05) is 19.8 Å². The van der Waals surface area contributed by atoms with Gasteiger partial charge in [0.1, 0.15) is 0 Å². The molecule has 1 aliphatic rings. The Bertz CT molecular complexity index is 95.8. The fourth-order valence-corrected chi connectivity index (χ4v) is 1.09. The number of hydrogen-bond acceptors (Lipinski definition) is 2. The van der Waals surface area contributed by atoms with Crippen molar-refractivity contribution in [1.29, 1.82) is 5.26 Å². The molecule has 1 heterocycles. The number of nitrogens with zero attached hydrogens (tertiary/aromatic N) is 1. The van der Waals surface area contributed by atoms with Crippen LogP contribution in [0.2, 0.25) is 0 Å². The predicted molar refractivity (Wildman–Crippen MR) is 51.9 cm³/mol. The van der Waals surface area contributed by atoms with Crippen molar-refractivity contribution in [3.8, 4) is 6.07 Å². The summed E-state index contributed by atoms with van der Waals surface area (Å²) in [5.41, 5.74) is 0. The second kappa shape index (κ2) is 10.4. The molecule has 1 N–H and O–H groups in total. The second-order valence-electron chi connectivity index (χ2n) is 3.07. The van der Waals surface area contributed by atoms with E-state index in [1.54, 1.807) is 0 Å². The number of nitrogens with one attached hydrogen (secondary N) is 1. The van der Waals surface area contributed by atoms with Gasteiger partial charge in [-0.15, -0.1) is 0 Å². The third kappa shape index (κ3) is 9.45. The molecular formula is C10H20N2. The van der Waals surface area contributed by atoms with E-state index >= 15 is 0 Å². The summed E-state index contributed by atoms with van der Waals surface area (Å²) in [6.07, 6.45) is 7.33. The maximum atomic E-state index is 7.82. The normalized spacial score (nSPS) is 16.7. The largest absolute Gasteiger partial charge is 0.317 e. The summed E-state index contributed by atoms with van der Waals surface area (Å²) in [6, 6.07) is 2.02. The van der Waals surface area contributed by atoms with Gasteiger partial charge in [-0.25, -0.2) is 0 Å². The lowest BCUT2D eigenvalue weighted by Crippen LogP contribution is -2.12. The summed E-state index contributed by atoms with van der Waals surface area (Å²) in [7, 11) is 0. The van der Waals surface area contributed by atoms with Crippen LogP contribution in [0.4, 0.5) is 0 Å². The van der Waals surface area contributed by atoms with Crippen LogP contribution >= 0.6 is 0 Å². The minimum atomic E-state index is 0.694. The quantitative estimate of drug-likeness (QED) is 0.653. The number of unbranched alkanes of at least 4 members (excludes halogenated alkanes) is 1. The van der Waals surface area contributed by atoms with Crippen molar-refractivity contribution in [3.63, 3.8) is 0 Å². The Morgan fingerprint density at radius 2 is 1.75 bits per heavy atom. The first kappa shape index (κ1) is 11.4. The summed E-state index contributed by atoms with van der Waals surface area (Å²) in [5, 5.41) is 11.2. The van der Waals surface area contributed by atoms with Crippen molar-refractivity contribution >= 4 is 0 Å². The van der Waals surface area contributed by atoms with Crippen LogP contribution in [0, 0.1) is 11.3 Å². The van der Waals surface area contributed by atoms with E-state index in [4.69, 9.17) is 5.26 Å². The van der Waals surface area contributed by atoms with Gasteiger partial charge in [0.2, 0.25) is 0 Å². The summed E-state index contributed by atoms with van der Waals surface area (Å²) >= 11 is 0. The highest BCUT2D eigenvalue weighted by Gasteiger charge is 1.94. The summed E-state index contributed by atoms with van der Waals surface area (Å²) in [6.45, 7) is 4.49. The van der Waals surface area contributed by atoms with Gasteiger partial charge in [-0.05, 0) is 32.4 Å². The zero-order valence-electron chi connectivity index (χ0n) is 8.10. The molecule has 0 spiro atoms. The summed E-state index contributed by atoms with van der Waals surface area (Å²) < 4.78 is 0. The minimum absolute atomic E-state index is 0.694. The van der Waals surface area contributed by atoms with Crippen molar-refractivity contribution in [2.75, 3.05) is 13.1 Å². The Hall–Kier alpha value is -0.550. The van der Waals surface area contributed by atoms with Crippen molar-refractivity contribution in [2.24, 2.45) is 0 Å². The summed E-state index contributed by atoms with van der Waals surface area (Å²) in [5.74, 6) is 0. The maximum absolute atomic E-state index is 7.82. The van der Waals surface area contributed by atoms with E-state index in [9.17, 15) is 0 Å². The molecule has 1 rings (SSSR count). The second-order valence-corrected chi connectivity index (χ2v) is 3.07. The number of hydrogen-bond donors (Lipinski definition) is 1. The zero-order valence-corrected chi connectivity index (χ0v) is 8.10. The molecule has 70 valence electrons. The molecule has 0 atom stereocenters. The molecule has 0 saturated carbocycles. The molecule has 2 heteroatoms. The molecule has 0 amide bonds. The average molecular weight is 168 g/mol. The van der Waals surface area contributed by atoms with Crippen LogP contribution in [-0.4, -0.2) is 13.1 Å². The smallest absolute Gasteiger partial charge is 0.0621 e. The van der Waals surface area contributed by atoms with Crippen molar-refractivity contribution in [1.82, 2.24) is 5.32 Å². The van der Waals surface area contributed by atoms with E-state index < -0.39 is 0 Å².